The molecule has 0 saturated carbocycles. The van der Waals surface area contributed by atoms with E-state index in [2.05, 4.69) is 24.1 Å². The van der Waals surface area contributed by atoms with Gasteiger partial charge in [0.15, 0.2) is 0 Å². The van der Waals surface area contributed by atoms with Gasteiger partial charge in [-0.1, -0.05) is 20.3 Å². The fraction of sp³-hybridized carbons (Fsp3) is 1.00. The Hall–Kier alpha value is -0.120. The van der Waals surface area contributed by atoms with Crippen LogP contribution in [0.2, 0.25) is 0 Å². The van der Waals surface area contributed by atoms with Gasteiger partial charge < -0.3 is 15.0 Å². The summed E-state index contributed by atoms with van der Waals surface area (Å²) in [7, 11) is 0. The van der Waals surface area contributed by atoms with Crippen LogP contribution in [0.4, 0.5) is 0 Å². The number of hydrogen-bond acceptors (Lipinski definition) is 3. The summed E-state index contributed by atoms with van der Waals surface area (Å²) in [4.78, 5) is 2.66. The van der Waals surface area contributed by atoms with Crippen molar-refractivity contribution < 1.29 is 4.74 Å². The summed E-state index contributed by atoms with van der Waals surface area (Å²) in [6.45, 7) is 11.5. The maximum absolute atomic E-state index is 5.69. The van der Waals surface area contributed by atoms with Crippen LogP contribution in [0.3, 0.4) is 0 Å². The fourth-order valence-electron chi connectivity index (χ4n) is 3.32. The van der Waals surface area contributed by atoms with Gasteiger partial charge in [-0.3, -0.25) is 0 Å². The Balaban J connectivity index is 1.78. The van der Waals surface area contributed by atoms with Gasteiger partial charge in [0.05, 0.1) is 6.61 Å². The van der Waals surface area contributed by atoms with E-state index in [1.54, 1.807) is 0 Å². The van der Waals surface area contributed by atoms with Crippen LogP contribution in [0.1, 0.15) is 39.5 Å². The Bertz CT molecular complexity index is 235. The first kappa shape index (κ1) is 14.3. The molecule has 0 radical (unpaired) electrons. The first-order chi connectivity index (χ1) is 8.83. The molecule has 0 aliphatic carbocycles. The van der Waals surface area contributed by atoms with E-state index in [4.69, 9.17) is 4.74 Å². The summed E-state index contributed by atoms with van der Waals surface area (Å²) in [6.07, 6.45) is 5.16. The first-order valence-electron chi connectivity index (χ1n) is 7.87. The summed E-state index contributed by atoms with van der Waals surface area (Å²) in [6, 6.07) is 0.680. The number of nitrogens with one attached hydrogen (secondary N) is 1. The molecule has 3 heteroatoms. The zero-order chi connectivity index (χ0) is 12.8. The molecule has 0 bridgehead atoms. The molecule has 0 aromatic rings. The Kier molecular flexibility index (Phi) is 5.93. The Morgan fingerprint density at radius 2 is 2.17 bits per heavy atom. The monoisotopic (exact) mass is 254 g/mol. The van der Waals surface area contributed by atoms with Crippen LogP contribution in [-0.2, 0) is 4.74 Å². The molecule has 2 fully saturated rings. The highest BCUT2D eigenvalue weighted by molar-refractivity contribution is 4.84. The molecule has 2 saturated heterocycles. The third-order valence-electron chi connectivity index (χ3n) is 4.57. The SMILES string of the molecule is CCCNC1CCOCC1CN1CCC(CC)C1. The zero-order valence-corrected chi connectivity index (χ0v) is 12.2. The molecule has 0 amide bonds. The second kappa shape index (κ2) is 7.46. The van der Waals surface area contributed by atoms with E-state index >= 15 is 0 Å². The summed E-state index contributed by atoms with van der Waals surface area (Å²) in [5, 5.41) is 3.71. The lowest BCUT2D eigenvalue weighted by molar-refractivity contribution is 0.0191. The van der Waals surface area contributed by atoms with E-state index < -0.39 is 0 Å². The maximum Gasteiger partial charge on any atom is 0.0521 e. The Labute approximate surface area is 112 Å². The van der Waals surface area contributed by atoms with Crippen LogP contribution < -0.4 is 5.32 Å². The molecule has 18 heavy (non-hydrogen) atoms. The van der Waals surface area contributed by atoms with Crippen molar-refractivity contribution in [3.8, 4) is 0 Å². The zero-order valence-electron chi connectivity index (χ0n) is 12.2. The number of rotatable bonds is 6. The van der Waals surface area contributed by atoms with Gasteiger partial charge in [-0.15, -0.1) is 0 Å². The number of likely N-dealkylation sites (tertiary alicyclic amines) is 1. The molecule has 2 heterocycles. The summed E-state index contributed by atoms with van der Waals surface area (Å²) in [5.74, 6) is 1.64. The van der Waals surface area contributed by atoms with Crippen molar-refractivity contribution in [3.05, 3.63) is 0 Å². The topological polar surface area (TPSA) is 24.5 Å². The van der Waals surface area contributed by atoms with Crippen LogP contribution in [0.5, 0.6) is 0 Å². The fourth-order valence-corrected chi connectivity index (χ4v) is 3.32. The molecule has 106 valence electrons. The van der Waals surface area contributed by atoms with Gasteiger partial charge in [0.25, 0.3) is 0 Å². The van der Waals surface area contributed by atoms with Crippen molar-refractivity contribution in [1.29, 1.82) is 0 Å². The standard InChI is InChI=1S/C15H30N2O/c1-3-7-16-15-6-9-18-12-14(15)11-17-8-5-13(4-2)10-17/h13-16H,3-12H2,1-2H3. The van der Waals surface area contributed by atoms with E-state index in [0.29, 0.717) is 12.0 Å². The number of hydrogen-bond donors (Lipinski definition) is 1. The molecule has 1 N–H and O–H groups in total. The van der Waals surface area contributed by atoms with E-state index in [1.165, 1.54) is 45.3 Å². The Morgan fingerprint density at radius 3 is 2.89 bits per heavy atom. The molecule has 0 spiro atoms. The number of ether oxygens (including phenoxy) is 1. The summed E-state index contributed by atoms with van der Waals surface area (Å²) >= 11 is 0. The number of nitrogens with zero attached hydrogens (tertiary/aromatic N) is 1. The van der Waals surface area contributed by atoms with Crippen molar-refractivity contribution in [2.45, 2.75) is 45.6 Å². The van der Waals surface area contributed by atoms with E-state index in [1.807, 2.05) is 0 Å². The molecule has 2 aliphatic heterocycles. The largest absolute Gasteiger partial charge is 0.381 e. The van der Waals surface area contributed by atoms with Gasteiger partial charge in [-0.25, -0.2) is 0 Å². The molecule has 3 nitrogen and oxygen atoms in total. The minimum Gasteiger partial charge on any atom is -0.381 e. The van der Waals surface area contributed by atoms with Gasteiger partial charge >= 0.3 is 0 Å². The normalized spacial score (nSPS) is 34.0. The lowest BCUT2D eigenvalue weighted by Gasteiger charge is -2.35. The summed E-state index contributed by atoms with van der Waals surface area (Å²) in [5.41, 5.74) is 0. The van der Waals surface area contributed by atoms with Crippen molar-refractivity contribution >= 4 is 0 Å². The minimum atomic E-state index is 0.680. The van der Waals surface area contributed by atoms with Crippen molar-refractivity contribution in [3.63, 3.8) is 0 Å². The minimum absolute atomic E-state index is 0.680. The van der Waals surface area contributed by atoms with Crippen molar-refractivity contribution in [2.75, 3.05) is 39.4 Å². The van der Waals surface area contributed by atoms with Gasteiger partial charge in [0.2, 0.25) is 0 Å². The second-order valence-corrected chi connectivity index (χ2v) is 6.01. The third-order valence-corrected chi connectivity index (χ3v) is 4.57. The lowest BCUT2D eigenvalue weighted by atomic mass is 9.95. The second-order valence-electron chi connectivity index (χ2n) is 6.01. The molecular weight excluding hydrogens is 224 g/mol. The van der Waals surface area contributed by atoms with Crippen molar-refractivity contribution in [1.82, 2.24) is 10.2 Å². The first-order valence-corrected chi connectivity index (χ1v) is 7.87. The predicted octanol–water partition coefficient (Wildman–Crippen LogP) is 2.12. The van der Waals surface area contributed by atoms with Crippen LogP contribution in [0.25, 0.3) is 0 Å². The van der Waals surface area contributed by atoms with Crippen molar-refractivity contribution in [2.24, 2.45) is 11.8 Å². The van der Waals surface area contributed by atoms with Gasteiger partial charge in [-0.05, 0) is 38.3 Å². The van der Waals surface area contributed by atoms with Gasteiger partial charge in [-0.2, -0.15) is 0 Å². The molecule has 3 unspecified atom stereocenters. The lowest BCUT2D eigenvalue weighted by Crippen LogP contribution is -2.47. The molecule has 0 aromatic heterocycles. The Morgan fingerprint density at radius 1 is 1.28 bits per heavy atom. The highest BCUT2D eigenvalue weighted by atomic mass is 16.5. The van der Waals surface area contributed by atoms with Gasteiger partial charge in [0.1, 0.15) is 0 Å². The van der Waals surface area contributed by atoms with E-state index in [0.717, 1.165) is 25.7 Å². The summed E-state index contributed by atoms with van der Waals surface area (Å²) < 4.78 is 5.69. The van der Waals surface area contributed by atoms with Gasteiger partial charge in [0, 0.05) is 31.7 Å². The molecular formula is C15H30N2O. The van der Waals surface area contributed by atoms with E-state index in [-0.39, 0.29) is 0 Å². The van der Waals surface area contributed by atoms with Crippen LogP contribution in [0, 0.1) is 11.8 Å². The molecule has 2 aliphatic rings. The highest BCUT2D eigenvalue weighted by Gasteiger charge is 2.29. The smallest absolute Gasteiger partial charge is 0.0521 e. The molecule has 0 aromatic carbocycles. The molecule has 2 rings (SSSR count). The quantitative estimate of drug-likeness (QED) is 0.786. The highest BCUT2D eigenvalue weighted by Crippen LogP contribution is 2.23. The average Bonchev–Trinajstić information content (AvgIpc) is 2.85. The average molecular weight is 254 g/mol. The maximum atomic E-state index is 5.69. The van der Waals surface area contributed by atoms with Crippen LogP contribution in [0.15, 0.2) is 0 Å². The van der Waals surface area contributed by atoms with Crippen LogP contribution in [-0.4, -0.2) is 50.3 Å². The molecule has 3 atom stereocenters. The van der Waals surface area contributed by atoms with E-state index in [9.17, 15) is 0 Å². The predicted molar refractivity (Wildman–Crippen MR) is 75.8 cm³/mol. The third kappa shape index (κ3) is 3.94. The van der Waals surface area contributed by atoms with Crippen LogP contribution >= 0.6 is 0 Å².